The molecule has 0 radical (unpaired) electrons. The zero-order chi connectivity index (χ0) is 13.8. The Kier molecular flexibility index (Phi) is 4.53. The van der Waals surface area contributed by atoms with Crippen LogP contribution in [0, 0.1) is 5.92 Å². The monoisotopic (exact) mass is 275 g/mol. The molecule has 1 aliphatic carbocycles. The third kappa shape index (κ3) is 3.70. The van der Waals surface area contributed by atoms with Crippen LogP contribution in [-0.2, 0) is 6.54 Å². The van der Waals surface area contributed by atoms with Gasteiger partial charge < -0.3 is 9.88 Å². The fourth-order valence-electron chi connectivity index (χ4n) is 3.14. The van der Waals surface area contributed by atoms with E-state index in [1.165, 1.54) is 45.3 Å². The fourth-order valence-corrected chi connectivity index (χ4v) is 3.14. The third-order valence-electron chi connectivity index (χ3n) is 4.54. The first kappa shape index (κ1) is 13.8. The maximum Gasteiger partial charge on any atom is 0.250 e. The van der Waals surface area contributed by atoms with Gasteiger partial charge in [-0.05, 0) is 50.8 Å². The van der Waals surface area contributed by atoms with Crippen molar-refractivity contribution in [3.63, 3.8) is 0 Å². The molecule has 1 aromatic heterocycles. The molecule has 0 amide bonds. The Balaban J connectivity index is 1.54. The molecular weight excluding hydrogens is 250 g/mol. The number of nitrogens with zero attached hydrogens (tertiary/aromatic N) is 2. The van der Waals surface area contributed by atoms with Crippen molar-refractivity contribution in [2.45, 2.75) is 38.3 Å². The van der Waals surface area contributed by atoms with E-state index in [0.29, 0.717) is 0 Å². The molecule has 3 rings (SSSR count). The molecule has 0 unspecified atom stereocenters. The summed E-state index contributed by atoms with van der Waals surface area (Å²) in [7, 11) is 0. The SMILES string of the molecule is O=c1ccccn1CCN(CC1CCNCC1)C1CC1. The number of piperidine rings is 1. The van der Waals surface area contributed by atoms with Crippen molar-refractivity contribution in [1.82, 2.24) is 14.8 Å². The van der Waals surface area contributed by atoms with Gasteiger partial charge in [0.1, 0.15) is 0 Å². The van der Waals surface area contributed by atoms with Gasteiger partial charge in [0.15, 0.2) is 0 Å². The summed E-state index contributed by atoms with van der Waals surface area (Å²) < 4.78 is 1.83. The normalized spacial score (nSPS) is 20.4. The quantitative estimate of drug-likeness (QED) is 0.850. The molecule has 2 aliphatic rings. The lowest BCUT2D eigenvalue weighted by atomic mass is 9.97. The van der Waals surface area contributed by atoms with Gasteiger partial charge in [0.25, 0.3) is 5.56 Å². The summed E-state index contributed by atoms with van der Waals surface area (Å²) in [6, 6.07) is 6.18. The highest BCUT2D eigenvalue weighted by molar-refractivity contribution is 4.94. The Morgan fingerprint density at radius 3 is 2.70 bits per heavy atom. The maximum atomic E-state index is 11.7. The van der Waals surface area contributed by atoms with Gasteiger partial charge >= 0.3 is 0 Å². The molecule has 2 fully saturated rings. The molecule has 20 heavy (non-hydrogen) atoms. The van der Waals surface area contributed by atoms with E-state index in [-0.39, 0.29) is 5.56 Å². The summed E-state index contributed by atoms with van der Waals surface area (Å²) in [5, 5.41) is 3.43. The first-order valence-electron chi connectivity index (χ1n) is 7.93. The largest absolute Gasteiger partial charge is 0.317 e. The molecular formula is C16H25N3O. The minimum absolute atomic E-state index is 0.116. The van der Waals surface area contributed by atoms with Crippen molar-refractivity contribution >= 4 is 0 Å². The Hall–Kier alpha value is -1.13. The van der Waals surface area contributed by atoms with Crippen LogP contribution in [0.2, 0.25) is 0 Å². The number of pyridine rings is 1. The van der Waals surface area contributed by atoms with Crippen LogP contribution in [0.3, 0.4) is 0 Å². The molecule has 1 aliphatic heterocycles. The van der Waals surface area contributed by atoms with Gasteiger partial charge in [-0.15, -0.1) is 0 Å². The molecule has 0 spiro atoms. The summed E-state index contributed by atoms with van der Waals surface area (Å²) in [6.07, 6.45) is 7.18. The average Bonchev–Trinajstić information content (AvgIpc) is 3.31. The van der Waals surface area contributed by atoms with Gasteiger partial charge in [-0.3, -0.25) is 9.69 Å². The average molecular weight is 275 g/mol. The summed E-state index contributed by atoms with van der Waals surface area (Å²) in [6.45, 7) is 5.39. The second-order valence-electron chi connectivity index (χ2n) is 6.15. The van der Waals surface area contributed by atoms with Crippen molar-refractivity contribution in [3.05, 3.63) is 34.7 Å². The van der Waals surface area contributed by atoms with Gasteiger partial charge in [0.2, 0.25) is 0 Å². The van der Waals surface area contributed by atoms with Crippen LogP contribution in [0.25, 0.3) is 0 Å². The van der Waals surface area contributed by atoms with Crippen molar-refractivity contribution in [2.24, 2.45) is 5.92 Å². The fraction of sp³-hybridized carbons (Fsp3) is 0.688. The molecule has 0 atom stereocenters. The van der Waals surface area contributed by atoms with E-state index in [2.05, 4.69) is 10.2 Å². The summed E-state index contributed by atoms with van der Waals surface area (Å²) >= 11 is 0. The molecule has 1 saturated heterocycles. The second kappa shape index (κ2) is 6.55. The Morgan fingerprint density at radius 2 is 2.00 bits per heavy atom. The van der Waals surface area contributed by atoms with Gasteiger partial charge in [0.05, 0.1) is 0 Å². The van der Waals surface area contributed by atoms with Crippen molar-refractivity contribution in [1.29, 1.82) is 0 Å². The minimum Gasteiger partial charge on any atom is -0.317 e. The number of aromatic nitrogens is 1. The minimum atomic E-state index is 0.116. The van der Waals surface area contributed by atoms with E-state index in [1.807, 2.05) is 22.9 Å². The molecule has 4 heteroatoms. The summed E-state index contributed by atoms with van der Waals surface area (Å²) in [5.74, 6) is 0.837. The second-order valence-corrected chi connectivity index (χ2v) is 6.15. The molecule has 0 aromatic carbocycles. The summed E-state index contributed by atoms with van der Waals surface area (Å²) in [5.41, 5.74) is 0.116. The van der Waals surface area contributed by atoms with Crippen molar-refractivity contribution < 1.29 is 0 Å². The summed E-state index contributed by atoms with van der Waals surface area (Å²) in [4.78, 5) is 14.4. The van der Waals surface area contributed by atoms with Gasteiger partial charge in [-0.1, -0.05) is 6.07 Å². The van der Waals surface area contributed by atoms with E-state index in [9.17, 15) is 4.79 Å². The number of nitrogens with one attached hydrogen (secondary N) is 1. The van der Waals surface area contributed by atoms with Crippen LogP contribution in [0.4, 0.5) is 0 Å². The molecule has 1 N–H and O–H groups in total. The van der Waals surface area contributed by atoms with E-state index in [4.69, 9.17) is 0 Å². The van der Waals surface area contributed by atoms with Crippen molar-refractivity contribution in [2.75, 3.05) is 26.2 Å². The van der Waals surface area contributed by atoms with Gasteiger partial charge in [0, 0.05) is 37.9 Å². The zero-order valence-corrected chi connectivity index (χ0v) is 12.1. The van der Waals surface area contributed by atoms with Crippen LogP contribution in [0.1, 0.15) is 25.7 Å². The van der Waals surface area contributed by atoms with Gasteiger partial charge in [-0.25, -0.2) is 0 Å². The van der Waals surface area contributed by atoms with Crippen LogP contribution in [0.5, 0.6) is 0 Å². The molecule has 4 nitrogen and oxygen atoms in total. The lowest BCUT2D eigenvalue weighted by molar-refractivity contribution is 0.191. The highest BCUT2D eigenvalue weighted by Gasteiger charge is 2.30. The standard InChI is InChI=1S/C16H25N3O/c20-16-3-1-2-10-18(16)11-12-19(15-4-5-15)13-14-6-8-17-9-7-14/h1-3,10,14-15,17H,4-9,11-13H2. The topological polar surface area (TPSA) is 37.3 Å². The van der Waals surface area contributed by atoms with Crippen molar-refractivity contribution in [3.8, 4) is 0 Å². The maximum absolute atomic E-state index is 11.7. The highest BCUT2D eigenvalue weighted by atomic mass is 16.1. The van der Waals surface area contributed by atoms with E-state index in [1.54, 1.807) is 6.07 Å². The van der Waals surface area contributed by atoms with Crippen LogP contribution >= 0.6 is 0 Å². The predicted molar refractivity (Wildman–Crippen MR) is 80.9 cm³/mol. The first-order chi connectivity index (χ1) is 9.83. The van der Waals surface area contributed by atoms with Gasteiger partial charge in [-0.2, -0.15) is 0 Å². The number of rotatable bonds is 6. The highest BCUT2D eigenvalue weighted by Crippen LogP contribution is 2.28. The zero-order valence-electron chi connectivity index (χ0n) is 12.1. The Labute approximate surface area is 120 Å². The predicted octanol–water partition coefficient (Wildman–Crippen LogP) is 1.31. The number of hydrogen-bond donors (Lipinski definition) is 1. The smallest absolute Gasteiger partial charge is 0.250 e. The lowest BCUT2D eigenvalue weighted by Gasteiger charge is -2.30. The Morgan fingerprint density at radius 1 is 1.20 bits per heavy atom. The number of hydrogen-bond acceptors (Lipinski definition) is 3. The van der Waals surface area contributed by atoms with Crippen LogP contribution in [0.15, 0.2) is 29.2 Å². The Bertz CT molecular complexity index is 475. The van der Waals surface area contributed by atoms with Crippen LogP contribution in [-0.4, -0.2) is 41.7 Å². The molecule has 110 valence electrons. The molecule has 2 heterocycles. The van der Waals surface area contributed by atoms with E-state index >= 15 is 0 Å². The third-order valence-corrected chi connectivity index (χ3v) is 4.54. The molecule has 1 aromatic rings. The molecule has 1 saturated carbocycles. The first-order valence-corrected chi connectivity index (χ1v) is 7.93. The lowest BCUT2D eigenvalue weighted by Crippen LogP contribution is -2.39. The van der Waals surface area contributed by atoms with E-state index < -0.39 is 0 Å². The van der Waals surface area contributed by atoms with E-state index in [0.717, 1.165) is 25.0 Å². The van der Waals surface area contributed by atoms with Crippen LogP contribution < -0.4 is 10.9 Å². The molecule has 0 bridgehead atoms.